The van der Waals surface area contributed by atoms with Crippen LogP contribution in [0.2, 0.25) is 0 Å². The standard InChI is InChI=1S/C17H24N4O2.ClH/c1-17(11-18)8-10-20(12-17)15(22)7-9-21-14-6-4-3-5-13(14)19(2)16(21)23;/h3-6H,7-12,18H2,1-2H3;1H. The fraction of sp³-hybridized carbons (Fsp3) is 0.529. The summed E-state index contributed by atoms with van der Waals surface area (Å²) < 4.78 is 3.31. The number of para-hydroxylation sites is 2. The molecule has 0 saturated carbocycles. The molecule has 1 aromatic heterocycles. The van der Waals surface area contributed by atoms with E-state index in [9.17, 15) is 9.59 Å². The van der Waals surface area contributed by atoms with Crippen LogP contribution in [0.3, 0.4) is 0 Å². The van der Waals surface area contributed by atoms with Gasteiger partial charge in [-0.25, -0.2) is 4.79 Å². The number of benzene rings is 1. The average molecular weight is 353 g/mol. The average Bonchev–Trinajstić information content (AvgIpc) is 3.07. The molecule has 1 unspecified atom stereocenters. The Labute approximate surface area is 147 Å². The molecule has 0 radical (unpaired) electrons. The zero-order valence-electron chi connectivity index (χ0n) is 14.2. The van der Waals surface area contributed by atoms with Crippen LogP contribution >= 0.6 is 12.4 Å². The first-order valence-electron chi connectivity index (χ1n) is 8.07. The van der Waals surface area contributed by atoms with Crippen LogP contribution in [0.15, 0.2) is 29.1 Å². The van der Waals surface area contributed by atoms with E-state index in [0.717, 1.165) is 24.0 Å². The van der Waals surface area contributed by atoms with Gasteiger partial charge in [-0.1, -0.05) is 19.1 Å². The van der Waals surface area contributed by atoms with Gasteiger partial charge in [-0.3, -0.25) is 13.9 Å². The van der Waals surface area contributed by atoms with E-state index in [0.29, 0.717) is 26.1 Å². The molecule has 1 aromatic carbocycles. The largest absolute Gasteiger partial charge is 0.342 e. The maximum Gasteiger partial charge on any atom is 0.328 e. The Morgan fingerprint density at radius 2 is 1.96 bits per heavy atom. The van der Waals surface area contributed by atoms with Crippen molar-refractivity contribution in [1.82, 2.24) is 14.0 Å². The summed E-state index contributed by atoms with van der Waals surface area (Å²) >= 11 is 0. The lowest BCUT2D eigenvalue weighted by molar-refractivity contribution is -0.130. The summed E-state index contributed by atoms with van der Waals surface area (Å²) in [5.74, 6) is 0.0991. The maximum absolute atomic E-state index is 12.4. The van der Waals surface area contributed by atoms with Crippen LogP contribution in [-0.2, 0) is 18.4 Å². The van der Waals surface area contributed by atoms with Crippen LogP contribution in [0.5, 0.6) is 0 Å². The Bertz CT molecular complexity index is 797. The first-order chi connectivity index (χ1) is 10.9. The lowest BCUT2D eigenvalue weighted by Crippen LogP contribution is -2.35. The number of likely N-dealkylation sites (tertiary alicyclic amines) is 1. The van der Waals surface area contributed by atoms with Gasteiger partial charge in [-0.15, -0.1) is 12.4 Å². The highest BCUT2D eigenvalue weighted by Crippen LogP contribution is 2.28. The topological polar surface area (TPSA) is 73.3 Å². The van der Waals surface area contributed by atoms with Gasteiger partial charge in [0.2, 0.25) is 5.91 Å². The summed E-state index contributed by atoms with van der Waals surface area (Å²) in [6, 6.07) is 7.66. The summed E-state index contributed by atoms with van der Waals surface area (Å²) in [6.07, 6.45) is 1.29. The van der Waals surface area contributed by atoms with Crippen molar-refractivity contribution >= 4 is 29.3 Å². The minimum absolute atomic E-state index is 0. The fourth-order valence-corrected chi connectivity index (χ4v) is 3.35. The Kier molecular flexibility index (Phi) is 5.40. The molecule has 0 aliphatic carbocycles. The molecule has 1 amide bonds. The second-order valence-electron chi connectivity index (χ2n) is 6.81. The molecule has 6 nitrogen and oxygen atoms in total. The molecule has 132 valence electrons. The number of hydrogen-bond donors (Lipinski definition) is 1. The number of nitrogens with two attached hydrogens (primary N) is 1. The van der Waals surface area contributed by atoms with Gasteiger partial charge >= 0.3 is 5.69 Å². The maximum atomic E-state index is 12.4. The molecule has 1 atom stereocenters. The van der Waals surface area contributed by atoms with Crippen molar-refractivity contribution in [3.63, 3.8) is 0 Å². The number of hydrogen-bond acceptors (Lipinski definition) is 3. The van der Waals surface area contributed by atoms with Crippen LogP contribution in [0, 0.1) is 5.41 Å². The highest BCUT2D eigenvalue weighted by molar-refractivity contribution is 5.85. The van der Waals surface area contributed by atoms with Gasteiger partial charge in [0.05, 0.1) is 11.0 Å². The van der Waals surface area contributed by atoms with Crippen LogP contribution in [0.1, 0.15) is 19.8 Å². The van der Waals surface area contributed by atoms with Crippen molar-refractivity contribution in [2.45, 2.75) is 26.3 Å². The monoisotopic (exact) mass is 352 g/mol. The molecule has 7 heteroatoms. The van der Waals surface area contributed by atoms with Crippen molar-refractivity contribution in [2.75, 3.05) is 19.6 Å². The predicted molar refractivity (Wildman–Crippen MR) is 97.4 cm³/mol. The van der Waals surface area contributed by atoms with Gasteiger partial charge < -0.3 is 10.6 Å². The zero-order valence-corrected chi connectivity index (χ0v) is 15.0. The van der Waals surface area contributed by atoms with E-state index >= 15 is 0 Å². The molecule has 3 rings (SSSR count). The fourth-order valence-electron chi connectivity index (χ4n) is 3.35. The van der Waals surface area contributed by atoms with Crippen LogP contribution in [0.25, 0.3) is 11.0 Å². The number of imidazole rings is 1. The first-order valence-corrected chi connectivity index (χ1v) is 8.07. The highest BCUT2D eigenvalue weighted by Gasteiger charge is 2.34. The van der Waals surface area contributed by atoms with Crippen molar-refractivity contribution in [1.29, 1.82) is 0 Å². The lowest BCUT2D eigenvalue weighted by Gasteiger charge is -2.22. The normalized spacial score (nSPS) is 20.4. The van der Waals surface area contributed by atoms with Gasteiger partial charge in [0.15, 0.2) is 0 Å². The smallest absolute Gasteiger partial charge is 0.328 e. The summed E-state index contributed by atoms with van der Waals surface area (Å²) in [6.45, 7) is 4.60. The molecule has 0 spiro atoms. The van der Waals surface area contributed by atoms with Crippen molar-refractivity contribution in [2.24, 2.45) is 18.2 Å². The van der Waals surface area contributed by atoms with E-state index < -0.39 is 0 Å². The van der Waals surface area contributed by atoms with Crippen molar-refractivity contribution in [3.8, 4) is 0 Å². The third-order valence-electron chi connectivity index (χ3n) is 5.00. The molecule has 1 aliphatic heterocycles. The number of aromatic nitrogens is 2. The van der Waals surface area contributed by atoms with E-state index in [1.54, 1.807) is 16.2 Å². The third-order valence-corrected chi connectivity index (χ3v) is 5.00. The molecular formula is C17H25ClN4O2. The molecule has 1 aliphatic rings. The number of carbonyl (C=O) groups is 1. The second kappa shape index (κ2) is 6.99. The van der Waals surface area contributed by atoms with E-state index in [1.807, 2.05) is 29.2 Å². The Hall–Kier alpha value is -1.79. The number of halogens is 1. The Balaban J connectivity index is 0.00000208. The highest BCUT2D eigenvalue weighted by atomic mass is 35.5. The number of aryl methyl sites for hydroxylation is 2. The second-order valence-corrected chi connectivity index (χ2v) is 6.81. The summed E-state index contributed by atoms with van der Waals surface area (Å²) in [5, 5.41) is 0. The van der Waals surface area contributed by atoms with Gasteiger partial charge in [0, 0.05) is 33.1 Å². The molecule has 2 N–H and O–H groups in total. The van der Waals surface area contributed by atoms with Gasteiger partial charge in [0.1, 0.15) is 0 Å². The van der Waals surface area contributed by atoms with E-state index in [2.05, 4.69) is 6.92 Å². The number of amides is 1. The molecule has 1 fully saturated rings. The number of nitrogens with zero attached hydrogens (tertiary/aromatic N) is 3. The summed E-state index contributed by atoms with van der Waals surface area (Å²) in [4.78, 5) is 26.7. The minimum atomic E-state index is -0.0766. The van der Waals surface area contributed by atoms with Crippen molar-refractivity contribution in [3.05, 3.63) is 34.7 Å². The van der Waals surface area contributed by atoms with E-state index in [1.165, 1.54) is 0 Å². The first kappa shape index (κ1) is 18.5. The summed E-state index contributed by atoms with van der Waals surface area (Å²) in [5.41, 5.74) is 7.52. The molecule has 1 saturated heterocycles. The minimum Gasteiger partial charge on any atom is -0.342 e. The van der Waals surface area contributed by atoms with Crippen LogP contribution in [0.4, 0.5) is 0 Å². The zero-order chi connectivity index (χ0) is 16.6. The number of carbonyl (C=O) groups excluding carboxylic acids is 1. The quantitative estimate of drug-likeness (QED) is 0.902. The predicted octanol–water partition coefficient (Wildman–Crippen LogP) is 1.35. The van der Waals surface area contributed by atoms with Gasteiger partial charge in [0.25, 0.3) is 0 Å². The molecule has 0 bridgehead atoms. The van der Waals surface area contributed by atoms with Crippen molar-refractivity contribution < 1.29 is 4.79 Å². The Morgan fingerprint density at radius 3 is 2.58 bits per heavy atom. The van der Waals surface area contributed by atoms with E-state index in [-0.39, 0.29) is 29.4 Å². The third kappa shape index (κ3) is 3.21. The number of rotatable bonds is 4. The molecule has 2 aromatic rings. The van der Waals surface area contributed by atoms with E-state index in [4.69, 9.17) is 5.73 Å². The molecule has 2 heterocycles. The summed E-state index contributed by atoms with van der Waals surface area (Å²) in [7, 11) is 1.76. The lowest BCUT2D eigenvalue weighted by atomic mass is 9.90. The Morgan fingerprint density at radius 1 is 1.29 bits per heavy atom. The van der Waals surface area contributed by atoms with Crippen LogP contribution in [-0.4, -0.2) is 39.6 Å². The van der Waals surface area contributed by atoms with Gasteiger partial charge in [-0.05, 0) is 30.5 Å². The SMILES string of the molecule is Cl.Cn1c(=O)n(CCC(=O)N2CCC(C)(CN)C2)c2ccccc21. The molecule has 24 heavy (non-hydrogen) atoms. The molecular weight excluding hydrogens is 328 g/mol. The van der Waals surface area contributed by atoms with Crippen LogP contribution < -0.4 is 11.4 Å². The van der Waals surface area contributed by atoms with Gasteiger partial charge in [-0.2, -0.15) is 0 Å². The number of fused-ring (bicyclic) bond motifs is 1.